The monoisotopic (exact) mass is 340 g/mol. The average Bonchev–Trinajstić information content (AvgIpc) is 3.36. The summed E-state index contributed by atoms with van der Waals surface area (Å²) in [6.07, 6.45) is 2.07. The van der Waals surface area contributed by atoms with Gasteiger partial charge in [-0.15, -0.1) is 0 Å². The zero-order valence-electron chi connectivity index (χ0n) is 14.0. The van der Waals surface area contributed by atoms with Crippen molar-refractivity contribution < 1.29 is 9.47 Å². The van der Waals surface area contributed by atoms with Crippen LogP contribution in [0.4, 0.5) is 0 Å². The summed E-state index contributed by atoms with van der Waals surface area (Å²) in [6, 6.07) is 26.4. The van der Waals surface area contributed by atoms with Gasteiger partial charge in [-0.25, -0.2) is 4.98 Å². The molecule has 0 saturated heterocycles. The van der Waals surface area contributed by atoms with Gasteiger partial charge in [0.25, 0.3) is 0 Å². The Hall–Kier alpha value is -3.53. The lowest BCUT2D eigenvalue weighted by Gasteiger charge is -2.08. The molecule has 0 radical (unpaired) electrons. The molecule has 26 heavy (non-hydrogen) atoms. The van der Waals surface area contributed by atoms with E-state index in [1.54, 1.807) is 0 Å². The summed E-state index contributed by atoms with van der Waals surface area (Å²) in [7, 11) is 0. The minimum Gasteiger partial charge on any atom is -0.454 e. The molecule has 2 heterocycles. The lowest BCUT2D eigenvalue weighted by Crippen LogP contribution is -1.95. The highest BCUT2D eigenvalue weighted by Crippen LogP contribution is 2.37. The fourth-order valence-electron chi connectivity index (χ4n) is 3.15. The van der Waals surface area contributed by atoms with Crippen molar-refractivity contribution in [2.24, 2.45) is 0 Å². The van der Waals surface area contributed by atoms with Crippen molar-refractivity contribution in [3.63, 3.8) is 0 Å². The van der Waals surface area contributed by atoms with Gasteiger partial charge in [-0.3, -0.25) is 4.57 Å². The second-order valence-electron chi connectivity index (χ2n) is 6.09. The van der Waals surface area contributed by atoms with Crippen molar-refractivity contribution in [3.05, 3.63) is 85.1 Å². The predicted molar refractivity (Wildman–Crippen MR) is 101 cm³/mol. The molecular formula is C22H16N2O2. The molecule has 0 bridgehead atoms. The van der Waals surface area contributed by atoms with Gasteiger partial charge in [0, 0.05) is 23.0 Å². The molecule has 4 aromatic rings. The Bertz CT molecular complexity index is 1060. The Morgan fingerprint density at radius 1 is 0.731 bits per heavy atom. The average molecular weight is 340 g/mol. The second-order valence-corrected chi connectivity index (χ2v) is 6.09. The normalized spacial score (nSPS) is 12.3. The Kier molecular flexibility index (Phi) is 3.46. The molecule has 0 atom stereocenters. The van der Waals surface area contributed by atoms with Crippen molar-refractivity contribution in [3.8, 4) is 39.8 Å². The van der Waals surface area contributed by atoms with E-state index in [1.807, 2.05) is 54.6 Å². The van der Waals surface area contributed by atoms with E-state index in [1.165, 1.54) is 0 Å². The first kappa shape index (κ1) is 14.8. The second kappa shape index (κ2) is 6.08. The van der Waals surface area contributed by atoms with Crippen LogP contribution in [0.25, 0.3) is 28.3 Å². The summed E-state index contributed by atoms with van der Waals surface area (Å²) in [6.45, 7) is 0.265. The zero-order valence-corrected chi connectivity index (χ0v) is 14.0. The van der Waals surface area contributed by atoms with Crippen LogP contribution < -0.4 is 9.47 Å². The third kappa shape index (κ3) is 2.52. The summed E-state index contributed by atoms with van der Waals surface area (Å²) in [5.74, 6) is 2.40. The molecule has 0 aliphatic carbocycles. The molecule has 0 unspecified atom stereocenters. The molecule has 1 aromatic heterocycles. The van der Waals surface area contributed by atoms with Crippen LogP contribution in [-0.4, -0.2) is 16.3 Å². The van der Waals surface area contributed by atoms with Crippen LogP contribution >= 0.6 is 0 Å². The number of fused-ring (bicyclic) bond motifs is 1. The van der Waals surface area contributed by atoms with E-state index in [0.29, 0.717) is 0 Å². The van der Waals surface area contributed by atoms with Crippen LogP contribution in [0.3, 0.4) is 0 Å². The molecule has 0 N–H and O–H groups in total. The smallest absolute Gasteiger partial charge is 0.231 e. The van der Waals surface area contributed by atoms with Gasteiger partial charge < -0.3 is 9.47 Å². The Morgan fingerprint density at radius 3 is 2.27 bits per heavy atom. The van der Waals surface area contributed by atoms with Crippen LogP contribution in [0, 0.1) is 0 Å². The van der Waals surface area contributed by atoms with Crippen LogP contribution in [0.2, 0.25) is 0 Å². The van der Waals surface area contributed by atoms with Crippen molar-refractivity contribution in [2.45, 2.75) is 0 Å². The summed E-state index contributed by atoms with van der Waals surface area (Å²) >= 11 is 0. The number of para-hydroxylation sites is 1. The first-order valence-electron chi connectivity index (χ1n) is 8.49. The molecule has 3 aromatic carbocycles. The van der Waals surface area contributed by atoms with Crippen molar-refractivity contribution in [2.75, 3.05) is 6.79 Å². The fraction of sp³-hybridized carbons (Fsp3) is 0.0455. The summed E-state index contributed by atoms with van der Waals surface area (Å²) < 4.78 is 13.1. The molecule has 1 aliphatic heterocycles. The minimum absolute atomic E-state index is 0.265. The number of imidazole rings is 1. The van der Waals surface area contributed by atoms with E-state index in [2.05, 4.69) is 35.0 Å². The van der Waals surface area contributed by atoms with Crippen molar-refractivity contribution in [1.29, 1.82) is 0 Å². The van der Waals surface area contributed by atoms with E-state index in [9.17, 15) is 0 Å². The Balaban J connectivity index is 1.69. The van der Waals surface area contributed by atoms with Gasteiger partial charge in [-0.05, 0) is 30.3 Å². The SMILES string of the molecule is c1ccc(-c2cn(-c3ccccc3)c(-c3ccc4c(c3)OCO4)n2)cc1. The lowest BCUT2D eigenvalue weighted by molar-refractivity contribution is 0.174. The lowest BCUT2D eigenvalue weighted by atomic mass is 10.2. The van der Waals surface area contributed by atoms with Crippen molar-refractivity contribution >= 4 is 0 Å². The maximum Gasteiger partial charge on any atom is 0.231 e. The molecular weight excluding hydrogens is 324 g/mol. The first-order chi connectivity index (χ1) is 12.9. The van der Waals surface area contributed by atoms with Gasteiger partial charge >= 0.3 is 0 Å². The number of aromatic nitrogens is 2. The van der Waals surface area contributed by atoms with E-state index >= 15 is 0 Å². The molecule has 4 nitrogen and oxygen atoms in total. The minimum atomic E-state index is 0.265. The maximum atomic E-state index is 5.54. The van der Waals surface area contributed by atoms with E-state index in [-0.39, 0.29) is 6.79 Å². The highest BCUT2D eigenvalue weighted by Gasteiger charge is 2.18. The van der Waals surface area contributed by atoms with E-state index in [4.69, 9.17) is 14.5 Å². The predicted octanol–water partition coefficient (Wildman–Crippen LogP) is 4.94. The number of benzene rings is 3. The van der Waals surface area contributed by atoms with Gasteiger partial charge in [-0.2, -0.15) is 0 Å². The van der Waals surface area contributed by atoms with Gasteiger partial charge in [0.1, 0.15) is 5.82 Å². The molecule has 0 spiro atoms. The maximum absolute atomic E-state index is 5.54. The number of rotatable bonds is 3. The number of hydrogen-bond acceptors (Lipinski definition) is 3. The number of nitrogens with zero attached hydrogens (tertiary/aromatic N) is 2. The zero-order chi connectivity index (χ0) is 17.3. The van der Waals surface area contributed by atoms with Gasteiger partial charge in [-0.1, -0.05) is 48.5 Å². The summed E-state index contributed by atoms with van der Waals surface area (Å²) in [5, 5.41) is 0. The Labute approximate surface area is 151 Å². The molecule has 4 heteroatoms. The number of hydrogen-bond donors (Lipinski definition) is 0. The van der Waals surface area contributed by atoms with Crippen LogP contribution in [0.5, 0.6) is 11.5 Å². The molecule has 126 valence electrons. The fourth-order valence-corrected chi connectivity index (χ4v) is 3.15. The molecule has 1 aliphatic rings. The first-order valence-corrected chi connectivity index (χ1v) is 8.49. The molecule has 0 saturated carbocycles. The topological polar surface area (TPSA) is 36.3 Å². The van der Waals surface area contributed by atoms with Gasteiger partial charge in [0.05, 0.1) is 5.69 Å². The summed E-state index contributed by atoms with van der Waals surface area (Å²) in [4.78, 5) is 4.92. The quantitative estimate of drug-likeness (QED) is 0.530. The highest BCUT2D eigenvalue weighted by molar-refractivity contribution is 5.69. The highest BCUT2D eigenvalue weighted by atomic mass is 16.7. The van der Waals surface area contributed by atoms with Crippen LogP contribution in [0.1, 0.15) is 0 Å². The van der Waals surface area contributed by atoms with Crippen LogP contribution in [0.15, 0.2) is 85.1 Å². The van der Waals surface area contributed by atoms with Crippen molar-refractivity contribution in [1.82, 2.24) is 9.55 Å². The largest absolute Gasteiger partial charge is 0.454 e. The third-order valence-electron chi connectivity index (χ3n) is 4.44. The molecule has 0 fully saturated rings. The summed E-state index contributed by atoms with van der Waals surface area (Å²) in [5.41, 5.74) is 4.07. The van der Waals surface area contributed by atoms with Gasteiger partial charge in [0.2, 0.25) is 6.79 Å². The Morgan fingerprint density at radius 2 is 1.46 bits per heavy atom. The van der Waals surface area contributed by atoms with E-state index < -0.39 is 0 Å². The van der Waals surface area contributed by atoms with Crippen LogP contribution in [-0.2, 0) is 0 Å². The third-order valence-corrected chi connectivity index (χ3v) is 4.44. The number of ether oxygens (including phenoxy) is 2. The molecule has 0 amide bonds. The van der Waals surface area contributed by atoms with Gasteiger partial charge in [0.15, 0.2) is 11.5 Å². The van der Waals surface area contributed by atoms with E-state index in [0.717, 1.165) is 39.8 Å². The molecule has 5 rings (SSSR count). The standard InChI is InChI=1S/C22H16N2O2/c1-3-7-16(8-4-1)19-14-24(18-9-5-2-6-10-18)22(23-19)17-11-12-20-21(13-17)26-15-25-20/h1-14H,15H2.